The molecule has 0 spiro atoms. The maximum atomic E-state index is 14.3. The topological polar surface area (TPSA) is 97.0 Å². The average Bonchev–Trinajstić information content (AvgIpc) is 3.41. The van der Waals surface area contributed by atoms with Gasteiger partial charge in [-0.2, -0.15) is 0 Å². The van der Waals surface area contributed by atoms with Gasteiger partial charge in [0.05, 0.1) is 25.4 Å². The molecule has 4 atom stereocenters. The molecule has 1 saturated heterocycles. The number of nitrogens with one attached hydrogen (secondary N) is 2. The van der Waals surface area contributed by atoms with Crippen LogP contribution in [0.5, 0.6) is 0 Å². The quantitative estimate of drug-likeness (QED) is 0.307. The van der Waals surface area contributed by atoms with Crippen molar-refractivity contribution in [1.29, 1.82) is 0 Å². The first-order valence-electron chi connectivity index (χ1n) is 13.4. The van der Waals surface area contributed by atoms with Crippen molar-refractivity contribution in [2.24, 2.45) is 0 Å². The molecule has 1 fully saturated rings. The van der Waals surface area contributed by atoms with Gasteiger partial charge in [-0.1, -0.05) is 78.3 Å². The molecule has 0 bridgehead atoms. The van der Waals surface area contributed by atoms with Crippen molar-refractivity contribution in [2.75, 3.05) is 11.9 Å². The highest BCUT2D eigenvalue weighted by molar-refractivity contribution is 6.30. The molecule has 0 radical (unpaired) electrons. The molecule has 1 heterocycles. The molecule has 0 saturated carbocycles. The minimum atomic E-state index is -1.09. The van der Waals surface area contributed by atoms with Crippen molar-refractivity contribution in [3.63, 3.8) is 0 Å². The molecule has 8 nitrogen and oxygen atoms in total. The zero-order valence-electron chi connectivity index (χ0n) is 22.6. The SMILES string of the molecule is CCOC(=O)[C@H]1CC[C@@H](c2ccccc2)N1C(=O)[C@@H](NC(=O)Nc1cccc(Cl)c1)[C@@H](C)OCc1ccccc1. The largest absolute Gasteiger partial charge is 0.464 e. The smallest absolute Gasteiger partial charge is 0.328 e. The van der Waals surface area contributed by atoms with Crippen LogP contribution in [0.2, 0.25) is 5.02 Å². The Hall–Kier alpha value is -3.88. The van der Waals surface area contributed by atoms with Gasteiger partial charge in [0, 0.05) is 10.7 Å². The molecule has 40 heavy (non-hydrogen) atoms. The highest BCUT2D eigenvalue weighted by Crippen LogP contribution is 2.37. The number of carbonyl (C=O) groups is 3. The van der Waals surface area contributed by atoms with Crippen LogP contribution in [0, 0.1) is 0 Å². The van der Waals surface area contributed by atoms with E-state index in [1.165, 1.54) is 0 Å². The molecule has 1 aliphatic heterocycles. The lowest BCUT2D eigenvalue weighted by molar-refractivity contribution is -0.156. The summed E-state index contributed by atoms with van der Waals surface area (Å²) in [4.78, 5) is 42.0. The summed E-state index contributed by atoms with van der Waals surface area (Å²) in [5.41, 5.74) is 2.31. The number of carbonyl (C=O) groups excluding carboxylic acids is 3. The first kappa shape index (κ1) is 29.1. The summed E-state index contributed by atoms with van der Waals surface area (Å²) >= 11 is 6.07. The zero-order valence-corrected chi connectivity index (χ0v) is 23.3. The summed E-state index contributed by atoms with van der Waals surface area (Å²) in [7, 11) is 0. The van der Waals surface area contributed by atoms with Gasteiger partial charge in [0.2, 0.25) is 5.91 Å². The van der Waals surface area contributed by atoms with Crippen molar-refractivity contribution in [3.8, 4) is 0 Å². The van der Waals surface area contributed by atoms with Gasteiger partial charge in [-0.3, -0.25) is 4.79 Å². The summed E-state index contributed by atoms with van der Waals surface area (Å²) in [6, 6.07) is 23.0. The van der Waals surface area contributed by atoms with Crippen LogP contribution in [0.1, 0.15) is 43.9 Å². The van der Waals surface area contributed by atoms with Gasteiger partial charge in [0.25, 0.3) is 0 Å². The second-order valence-corrected chi connectivity index (χ2v) is 10.0. The number of hydrogen-bond acceptors (Lipinski definition) is 5. The predicted octanol–water partition coefficient (Wildman–Crippen LogP) is 5.73. The summed E-state index contributed by atoms with van der Waals surface area (Å²) in [6.45, 7) is 3.91. The van der Waals surface area contributed by atoms with Crippen molar-refractivity contribution < 1.29 is 23.9 Å². The Balaban J connectivity index is 1.62. The lowest BCUT2D eigenvalue weighted by Gasteiger charge is -2.35. The highest BCUT2D eigenvalue weighted by Gasteiger charge is 2.46. The van der Waals surface area contributed by atoms with Crippen LogP contribution in [-0.4, -0.2) is 47.6 Å². The Morgan fingerprint density at radius 1 is 0.975 bits per heavy atom. The second-order valence-electron chi connectivity index (χ2n) is 9.61. The van der Waals surface area contributed by atoms with Crippen molar-refractivity contribution in [1.82, 2.24) is 10.2 Å². The van der Waals surface area contributed by atoms with Gasteiger partial charge in [0.1, 0.15) is 12.1 Å². The molecule has 0 aromatic heterocycles. The number of esters is 1. The van der Waals surface area contributed by atoms with Gasteiger partial charge in [-0.15, -0.1) is 0 Å². The number of hydrogen-bond donors (Lipinski definition) is 2. The molecule has 0 aliphatic carbocycles. The Morgan fingerprint density at radius 3 is 2.35 bits per heavy atom. The fourth-order valence-electron chi connectivity index (χ4n) is 4.90. The number of amides is 3. The summed E-state index contributed by atoms with van der Waals surface area (Å²) in [5, 5.41) is 5.99. The third-order valence-corrected chi connectivity index (χ3v) is 7.08. The van der Waals surface area contributed by atoms with Gasteiger partial charge < -0.3 is 25.0 Å². The molecule has 1 aliphatic rings. The number of ether oxygens (including phenoxy) is 2. The van der Waals surface area contributed by atoms with Gasteiger partial charge >= 0.3 is 12.0 Å². The molecule has 0 unspecified atom stereocenters. The summed E-state index contributed by atoms with van der Waals surface area (Å²) < 4.78 is 11.4. The lowest BCUT2D eigenvalue weighted by atomic mass is 10.0. The van der Waals surface area contributed by atoms with Crippen molar-refractivity contribution in [2.45, 2.75) is 57.5 Å². The summed E-state index contributed by atoms with van der Waals surface area (Å²) in [5.74, 6) is -0.888. The number of benzene rings is 3. The van der Waals surface area contributed by atoms with Crippen LogP contribution in [0.25, 0.3) is 0 Å². The van der Waals surface area contributed by atoms with E-state index in [0.29, 0.717) is 23.6 Å². The zero-order chi connectivity index (χ0) is 28.5. The van der Waals surface area contributed by atoms with E-state index in [2.05, 4.69) is 10.6 Å². The average molecular weight is 564 g/mol. The van der Waals surface area contributed by atoms with Gasteiger partial charge in [-0.05, 0) is 56.0 Å². The predicted molar refractivity (Wildman–Crippen MR) is 154 cm³/mol. The van der Waals surface area contributed by atoms with Crippen LogP contribution in [-0.2, 0) is 25.7 Å². The van der Waals surface area contributed by atoms with E-state index in [1.54, 1.807) is 43.0 Å². The number of likely N-dealkylation sites (tertiary alicyclic amines) is 1. The molecule has 9 heteroatoms. The van der Waals surface area contributed by atoms with Crippen LogP contribution in [0.15, 0.2) is 84.9 Å². The van der Waals surface area contributed by atoms with E-state index in [9.17, 15) is 14.4 Å². The van der Waals surface area contributed by atoms with Crippen LogP contribution in [0.3, 0.4) is 0 Å². The minimum Gasteiger partial charge on any atom is -0.464 e. The van der Waals surface area contributed by atoms with E-state index in [1.807, 2.05) is 60.7 Å². The standard InChI is InChI=1S/C31H34ClN3O5/c1-3-39-30(37)27-18-17-26(23-13-8-5-9-14-23)35(27)29(36)28(21(2)40-20-22-11-6-4-7-12-22)34-31(38)33-25-16-10-15-24(32)19-25/h4-16,19,21,26-28H,3,17-18,20H2,1-2H3,(H2,33,34,38)/t21-,26+,27-,28+/m1/s1. The third-order valence-electron chi connectivity index (χ3n) is 6.84. The Bertz CT molecular complexity index is 1290. The number of anilines is 1. The molecule has 4 rings (SSSR count). The first-order chi connectivity index (χ1) is 19.4. The normalized spacial score (nSPS) is 18.0. The first-order valence-corrected chi connectivity index (χ1v) is 13.8. The number of halogens is 1. The van der Waals surface area contributed by atoms with Crippen LogP contribution in [0.4, 0.5) is 10.5 Å². The molecular weight excluding hydrogens is 530 g/mol. The van der Waals surface area contributed by atoms with Crippen molar-refractivity contribution >= 4 is 35.2 Å². The lowest BCUT2D eigenvalue weighted by Crippen LogP contribution is -2.57. The number of rotatable bonds is 10. The monoisotopic (exact) mass is 563 g/mol. The molecular formula is C31H34ClN3O5. The molecule has 3 amide bonds. The highest BCUT2D eigenvalue weighted by atomic mass is 35.5. The minimum absolute atomic E-state index is 0.202. The number of urea groups is 1. The molecule has 210 valence electrons. The summed E-state index contributed by atoms with van der Waals surface area (Å²) in [6.07, 6.45) is 0.308. The Kier molecular flexibility index (Phi) is 10.2. The van der Waals surface area contributed by atoms with E-state index in [4.69, 9.17) is 21.1 Å². The maximum Gasteiger partial charge on any atom is 0.328 e. The van der Waals surface area contributed by atoms with E-state index < -0.39 is 36.1 Å². The van der Waals surface area contributed by atoms with Crippen molar-refractivity contribution in [3.05, 3.63) is 101 Å². The second kappa shape index (κ2) is 14.0. The van der Waals surface area contributed by atoms with Crippen LogP contribution >= 0.6 is 11.6 Å². The van der Waals surface area contributed by atoms with Crippen LogP contribution < -0.4 is 10.6 Å². The Morgan fingerprint density at radius 2 is 1.68 bits per heavy atom. The maximum absolute atomic E-state index is 14.3. The fraction of sp³-hybridized carbons (Fsp3) is 0.323. The van der Waals surface area contributed by atoms with Gasteiger partial charge in [-0.25, -0.2) is 9.59 Å². The van der Waals surface area contributed by atoms with Gasteiger partial charge in [0.15, 0.2) is 0 Å². The third kappa shape index (κ3) is 7.40. The fourth-order valence-corrected chi connectivity index (χ4v) is 5.09. The molecule has 3 aromatic carbocycles. The van der Waals surface area contributed by atoms with E-state index in [-0.39, 0.29) is 19.3 Å². The Labute approximate surface area is 239 Å². The van der Waals surface area contributed by atoms with E-state index in [0.717, 1.165) is 11.1 Å². The number of nitrogens with zero attached hydrogens (tertiary/aromatic N) is 1. The molecule has 2 N–H and O–H groups in total. The molecule has 3 aromatic rings. The van der Waals surface area contributed by atoms with E-state index >= 15 is 0 Å².